The molecule has 3 rings (SSSR count). The number of nitrogens with one attached hydrogen (secondary N) is 2. The van der Waals surface area contributed by atoms with Crippen LogP contribution in [0.15, 0.2) is 6.07 Å². The van der Waals surface area contributed by atoms with Gasteiger partial charge in [0.25, 0.3) is 5.91 Å². The Balaban J connectivity index is 0.00000108. The summed E-state index contributed by atoms with van der Waals surface area (Å²) in [5.74, 6) is 0.752. The van der Waals surface area contributed by atoms with Crippen molar-refractivity contribution in [2.45, 2.75) is 19.3 Å². The zero-order chi connectivity index (χ0) is 11.0. The molecule has 1 aliphatic heterocycles. The average Bonchev–Trinajstić information content (AvgIpc) is 2.73. The molecule has 0 saturated carbocycles. The van der Waals surface area contributed by atoms with Gasteiger partial charge in [0, 0.05) is 30.4 Å². The van der Waals surface area contributed by atoms with E-state index in [9.17, 15) is 4.79 Å². The number of amides is 1. The molecule has 1 saturated heterocycles. The van der Waals surface area contributed by atoms with Crippen molar-refractivity contribution in [1.82, 2.24) is 10.6 Å². The van der Waals surface area contributed by atoms with Crippen molar-refractivity contribution in [1.29, 1.82) is 0 Å². The van der Waals surface area contributed by atoms with Crippen molar-refractivity contribution >= 4 is 29.7 Å². The lowest BCUT2D eigenvalue weighted by Crippen LogP contribution is -2.48. The quantitative estimate of drug-likeness (QED) is 0.878. The van der Waals surface area contributed by atoms with E-state index in [-0.39, 0.29) is 18.3 Å². The molecule has 1 amide bonds. The van der Waals surface area contributed by atoms with Gasteiger partial charge in [-0.2, -0.15) is 0 Å². The average molecular weight is 273 g/mol. The molecule has 1 aromatic heterocycles. The van der Waals surface area contributed by atoms with Gasteiger partial charge in [-0.05, 0) is 30.9 Å². The molecule has 0 bridgehead atoms. The largest absolute Gasteiger partial charge is 0.351 e. The van der Waals surface area contributed by atoms with Gasteiger partial charge in [0.2, 0.25) is 0 Å². The highest BCUT2D eigenvalue weighted by molar-refractivity contribution is 7.14. The van der Waals surface area contributed by atoms with Crippen LogP contribution in [0.1, 0.15) is 26.5 Å². The van der Waals surface area contributed by atoms with E-state index in [4.69, 9.17) is 0 Å². The van der Waals surface area contributed by atoms with Crippen LogP contribution in [0.5, 0.6) is 0 Å². The Kier molecular flexibility index (Phi) is 4.07. The molecule has 0 atom stereocenters. The maximum Gasteiger partial charge on any atom is 0.261 e. The highest BCUT2D eigenvalue weighted by atomic mass is 35.5. The molecule has 0 spiro atoms. The fraction of sp³-hybridized carbons (Fsp3) is 0.583. The van der Waals surface area contributed by atoms with Gasteiger partial charge in [-0.3, -0.25) is 4.79 Å². The molecule has 0 aromatic carbocycles. The lowest BCUT2D eigenvalue weighted by molar-refractivity contribution is 0.0946. The molecule has 3 nitrogen and oxygen atoms in total. The van der Waals surface area contributed by atoms with Crippen LogP contribution in [0.2, 0.25) is 0 Å². The van der Waals surface area contributed by atoms with Crippen molar-refractivity contribution in [3.05, 3.63) is 21.4 Å². The van der Waals surface area contributed by atoms with Crippen LogP contribution in [-0.2, 0) is 12.8 Å². The number of halogens is 1. The molecule has 0 unspecified atom stereocenters. The van der Waals surface area contributed by atoms with Gasteiger partial charge in [0.15, 0.2) is 0 Å². The summed E-state index contributed by atoms with van der Waals surface area (Å²) in [4.78, 5) is 14.2. The smallest absolute Gasteiger partial charge is 0.261 e. The first-order valence-corrected chi connectivity index (χ1v) is 6.75. The molecular formula is C12H17ClN2OS. The number of aryl methyl sites for hydroxylation is 2. The third-order valence-electron chi connectivity index (χ3n) is 3.39. The second-order valence-electron chi connectivity index (χ2n) is 4.65. The van der Waals surface area contributed by atoms with Crippen LogP contribution in [0.4, 0.5) is 0 Å². The third-order valence-corrected chi connectivity index (χ3v) is 4.62. The Morgan fingerprint density at radius 2 is 2.29 bits per heavy atom. The van der Waals surface area contributed by atoms with Gasteiger partial charge in [0.1, 0.15) is 0 Å². The second kappa shape index (κ2) is 5.38. The van der Waals surface area contributed by atoms with Crippen molar-refractivity contribution in [2.24, 2.45) is 5.92 Å². The van der Waals surface area contributed by atoms with E-state index in [1.807, 2.05) is 0 Å². The first-order chi connectivity index (χ1) is 7.83. The SMILES string of the molecule is Cl.O=C(NCC1CNC1)c1cc2c(s1)CCC2. The van der Waals surface area contributed by atoms with Crippen molar-refractivity contribution in [3.8, 4) is 0 Å². The fourth-order valence-electron chi connectivity index (χ4n) is 2.26. The summed E-state index contributed by atoms with van der Waals surface area (Å²) in [6.07, 6.45) is 3.59. The van der Waals surface area contributed by atoms with Crippen molar-refractivity contribution in [2.75, 3.05) is 19.6 Å². The molecule has 2 heterocycles. The highest BCUT2D eigenvalue weighted by Crippen LogP contribution is 2.30. The van der Waals surface area contributed by atoms with Crippen LogP contribution < -0.4 is 10.6 Å². The Morgan fingerprint density at radius 1 is 1.47 bits per heavy atom. The molecule has 1 aromatic rings. The Labute approximate surface area is 111 Å². The molecule has 5 heteroatoms. The van der Waals surface area contributed by atoms with Crippen LogP contribution in [-0.4, -0.2) is 25.5 Å². The molecule has 0 radical (unpaired) electrons. The number of hydrogen-bond acceptors (Lipinski definition) is 3. The van der Waals surface area contributed by atoms with E-state index in [1.165, 1.54) is 23.3 Å². The zero-order valence-electron chi connectivity index (χ0n) is 9.62. The maximum absolute atomic E-state index is 11.9. The van der Waals surface area contributed by atoms with Crippen molar-refractivity contribution in [3.63, 3.8) is 0 Å². The minimum atomic E-state index is 0. The standard InChI is InChI=1S/C12H16N2OS.ClH/c15-12(14-7-8-5-13-6-8)11-4-9-2-1-3-10(9)16-11;/h4,8,13H,1-3,5-7H2,(H,14,15);1H. The molecule has 1 fully saturated rings. The Bertz CT molecular complexity index is 393. The molecule has 1 aliphatic carbocycles. The number of rotatable bonds is 3. The van der Waals surface area contributed by atoms with Gasteiger partial charge in [-0.1, -0.05) is 0 Å². The summed E-state index contributed by atoms with van der Waals surface area (Å²) >= 11 is 1.68. The topological polar surface area (TPSA) is 41.1 Å². The fourth-order valence-corrected chi connectivity index (χ4v) is 3.43. The summed E-state index contributed by atoms with van der Waals surface area (Å²) in [7, 11) is 0. The molecule has 2 N–H and O–H groups in total. The summed E-state index contributed by atoms with van der Waals surface area (Å²) in [5, 5.41) is 6.23. The number of hydrogen-bond donors (Lipinski definition) is 2. The summed E-state index contributed by atoms with van der Waals surface area (Å²) in [6, 6.07) is 2.08. The molecule has 17 heavy (non-hydrogen) atoms. The normalized spacial score (nSPS) is 18.1. The molecule has 94 valence electrons. The van der Waals surface area contributed by atoms with Gasteiger partial charge < -0.3 is 10.6 Å². The summed E-state index contributed by atoms with van der Waals surface area (Å²) in [6.45, 7) is 2.90. The number of thiophene rings is 1. The van der Waals surface area contributed by atoms with Crippen LogP contribution >= 0.6 is 23.7 Å². The third kappa shape index (κ3) is 2.64. The highest BCUT2D eigenvalue weighted by Gasteiger charge is 2.20. The number of fused-ring (bicyclic) bond motifs is 1. The maximum atomic E-state index is 11.9. The lowest BCUT2D eigenvalue weighted by Gasteiger charge is -2.26. The van der Waals surface area contributed by atoms with Crippen LogP contribution in [0, 0.1) is 5.92 Å². The van der Waals surface area contributed by atoms with Gasteiger partial charge in [-0.25, -0.2) is 0 Å². The molecule has 2 aliphatic rings. The lowest BCUT2D eigenvalue weighted by atomic mass is 10.0. The van der Waals surface area contributed by atoms with Crippen LogP contribution in [0.3, 0.4) is 0 Å². The predicted octanol–water partition coefficient (Wildman–Crippen LogP) is 1.61. The van der Waals surface area contributed by atoms with Gasteiger partial charge in [-0.15, -0.1) is 23.7 Å². The van der Waals surface area contributed by atoms with Crippen molar-refractivity contribution < 1.29 is 4.79 Å². The van der Waals surface area contributed by atoms with E-state index in [0.717, 1.165) is 30.9 Å². The summed E-state index contributed by atoms with van der Waals surface area (Å²) in [5.41, 5.74) is 1.40. The Hall–Kier alpha value is -0.580. The van der Waals surface area contributed by atoms with E-state index < -0.39 is 0 Å². The zero-order valence-corrected chi connectivity index (χ0v) is 11.3. The van der Waals surface area contributed by atoms with E-state index in [0.29, 0.717) is 5.92 Å². The number of carbonyl (C=O) groups is 1. The van der Waals surface area contributed by atoms with Gasteiger partial charge >= 0.3 is 0 Å². The van der Waals surface area contributed by atoms with E-state index in [1.54, 1.807) is 11.3 Å². The second-order valence-corrected chi connectivity index (χ2v) is 5.78. The van der Waals surface area contributed by atoms with Gasteiger partial charge in [0.05, 0.1) is 4.88 Å². The monoisotopic (exact) mass is 272 g/mol. The first-order valence-electron chi connectivity index (χ1n) is 5.93. The minimum absolute atomic E-state index is 0. The number of carbonyl (C=O) groups excluding carboxylic acids is 1. The van der Waals surface area contributed by atoms with E-state index in [2.05, 4.69) is 16.7 Å². The Morgan fingerprint density at radius 3 is 2.94 bits per heavy atom. The van der Waals surface area contributed by atoms with E-state index >= 15 is 0 Å². The molecular weight excluding hydrogens is 256 g/mol. The first kappa shape index (κ1) is 12.9. The summed E-state index contributed by atoms with van der Waals surface area (Å²) < 4.78 is 0. The minimum Gasteiger partial charge on any atom is -0.351 e. The van der Waals surface area contributed by atoms with Crippen LogP contribution in [0.25, 0.3) is 0 Å². The predicted molar refractivity (Wildman–Crippen MR) is 72.3 cm³/mol.